The molecule has 0 radical (unpaired) electrons. The summed E-state index contributed by atoms with van der Waals surface area (Å²) in [5.41, 5.74) is -1.34. The van der Waals surface area contributed by atoms with Gasteiger partial charge in [0.15, 0.2) is 0 Å². The molecule has 1 aromatic rings. The Bertz CT molecular complexity index is 435. The standard InChI is InChI=1S/C13H16F3NO3/c14-13(15,16)11-5-2-1-4-10(11)12(19)17-6-3-8-20-9-7-18/h1-2,4-5,18H,3,6-9H2,(H,17,19). The molecule has 4 nitrogen and oxygen atoms in total. The van der Waals surface area contributed by atoms with E-state index in [9.17, 15) is 18.0 Å². The van der Waals surface area contributed by atoms with Crippen LogP contribution in [0.5, 0.6) is 0 Å². The number of alkyl halides is 3. The van der Waals surface area contributed by atoms with Crippen molar-refractivity contribution >= 4 is 5.91 Å². The van der Waals surface area contributed by atoms with Crippen LogP contribution < -0.4 is 5.32 Å². The average molecular weight is 291 g/mol. The number of carbonyl (C=O) groups excluding carboxylic acids is 1. The van der Waals surface area contributed by atoms with Crippen molar-refractivity contribution in [3.63, 3.8) is 0 Å². The zero-order valence-corrected chi connectivity index (χ0v) is 10.7. The lowest BCUT2D eigenvalue weighted by atomic mass is 10.1. The molecule has 0 atom stereocenters. The predicted molar refractivity (Wildman–Crippen MR) is 66.3 cm³/mol. The molecule has 2 N–H and O–H groups in total. The quantitative estimate of drug-likeness (QED) is 0.754. The van der Waals surface area contributed by atoms with Crippen molar-refractivity contribution in [3.05, 3.63) is 35.4 Å². The van der Waals surface area contributed by atoms with Crippen LogP contribution in [-0.4, -0.2) is 37.4 Å². The normalized spacial score (nSPS) is 11.4. The van der Waals surface area contributed by atoms with E-state index in [0.717, 1.165) is 12.1 Å². The van der Waals surface area contributed by atoms with E-state index >= 15 is 0 Å². The van der Waals surface area contributed by atoms with Crippen molar-refractivity contribution in [1.29, 1.82) is 0 Å². The summed E-state index contributed by atoms with van der Waals surface area (Å²) in [5.74, 6) is -0.764. The lowest BCUT2D eigenvalue weighted by molar-refractivity contribution is -0.137. The van der Waals surface area contributed by atoms with Crippen LogP contribution in [0, 0.1) is 0 Å². The molecule has 7 heteroatoms. The molecule has 0 heterocycles. The van der Waals surface area contributed by atoms with Crippen molar-refractivity contribution in [2.24, 2.45) is 0 Å². The highest BCUT2D eigenvalue weighted by Gasteiger charge is 2.34. The van der Waals surface area contributed by atoms with E-state index in [2.05, 4.69) is 5.32 Å². The van der Waals surface area contributed by atoms with Gasteiger partial charge >= 0.3 is 6.18 Å². The Morgan fingerprint density at radius 2 is 1.95 bits per heavy atom. The fraction of sp³-hybridized carbons (Fsp3) is 0.462. The summed E-state index contributed by atoms with van der Waals surface area (Å²) in [6.07, 6.45) is -4.10. The second kappa shape index (κ2) is 7.86. The van der Waals surface area contributed by atoms with E-state index in [1.807, 2.05) is 0 Å². The van der Waals surface area contributed by atoms with Crippen LogP contribution in [0.2, 0.25) is 0 Å². The summed E-state index contributed by atoms with van der Waals surface area (Å²) in [4.78, 5) is 11.7. The molecule has 20 heavy (non-hydrogen) atoms. The molecule has 0 aliphatic carbocycles. The van der Waals surface area contributed by atoms with E-state index in [-0.39, 0.29) is 19.8 Å². The van der Waals surface area contributed by atoms with E-state index in [0.29, 0.717) is 13.0 Å². The fourth-order valence-corrected chi connectivity index (χ4v) is 1.57. The van der Waals surface area contributed by atoms with Crippen molar-refractivity contribution in [1.82, 2.24) is 5.32 Å². The van der Waals surface area contributed by atoms with Crippen LogP contribution in [0.3, 0.4) is 0 Å². The zero-order valence-electron chi connectivity index (χ0n) is 10.7. The van der Waals surface area contributed by atoms with Crippen LogP contribution in [0.4, 0.5) is 13.2 Å². The van der Waals surface area contributed by atoms with Crippen LogP contribution in [0.1, 0.15) is 22.3 Å². The number of benzene rings is 1. The summed E-state index contributed by atoms with van der Waals surface area (Å²) in [7, 11) is 0. The molecule has 0 bridgehead atoms. The number of carbonyl (C=O) groups is 1. The monoisotopic (exact) mass is 291 g/mol. The lowest BCUT2D eigenvalue weighted by Gasteiger charge is -2.12. The molecule has 0 fully saturated rings. The summed E-state index contributed by atoms with van der Waals surface area (Å²) in [6.45, 7) is 0.633. The van der Waals surface area contributed by atoms with Gasteiger partial charge in [0.25, 0.3) is 5.91 Å². The maximum atomic E-state index is 12.7. The van der Waals surface area contributed by atoms with E-state index in [1.54, 1.807) is 0 Å². The van der Waals surface area contributed by atoms with Gasteiger partial charge in [-0.2, -0.15) is 13.2 Å². The third-order valence-corrected chi connectivity index (χ3v) is 2.46. The summed E-state index contributed by atoms with van der Waals surface area (Å²) >= 11 is 0. The van der Waals surface area contributed by atoms with Gasteiger partial charge in [0.2, 0.25) is 0 Å². The smallest absolute Gasteiger partial charge is 0.394 e. The molecule has 0 saturated heterocycles. The first-order valence-electron chi connectivity index (χ1n) is 6.10. The Morgan fingerprint density at radius 3 is 2.60 bits per heavy atom. The highest BCUT2D eigenvalue weighted by Crippen LogP contribution is 2.31. The minimum atomic E-state index is -4.56. The SMILES string of the molecule is O=C(NCCCOCCO)c1ccccc1C(F)(F)F. The maximum Gasteiger partial charge on any atom is 0.417 e. The van der Waals surface area contributed by atoms with Gasteiger partial charge in [-0.15, -0.1) is 0 Å². The molecule has 0 saturated carbocycles. The third kappa shape index (κ3) is 5.18. The van der Waals surface area contributed by atoms with Crippen LogP contribution in [-0.2, 0) is 10.9 Å². The first-order valence-corrected chi connectivity index (χ1v) is 6.10. The third-order valence-electron chi connectivity index (χ3n) is 2.46. The van der Waals surface area contributed by atoms with E-state index in [4.69, 9.17) is 9.84 Å². The van der Waals surface area contributed by atoms with E-state index in [1.165, 1.54) is 12.1 Å². The van der Waals surface area contributed by atoms with Crippen molar-refractivity contribution in [2.75, 3.05) is 26.4 Å². The Kier molecular flexibility index (Phi) is 6.47. The van der Waals surface area contributed by atoms with Gasteiger partial charge in [0, 0.05) is 13.2 Å². The minimum Gasteiger partial charge on any atom is -0.394 e. The number of aliphatic hydroxyl groups excluding tert-OH is 1. The molecule has 0 spiro atoms. The first-order chi connectivity index (χ1) is 9.46. The number of halogens is 3. The summed E-state index contributed by atoms with van der Waals surface area (Å²) < 4.78 is 43.1. The topological polar surface area (TPSA) is 58.6 Å². The van der Waals surface area contributed by atoms with Gasteiger partial charge in [0.05, 0.1) is 24.3 Å². The number of hydrogen-bond acceptors (Lipinski definition) is 3. The van der Waals surface area contributed by atoms with Crippen molar-refractivity contribution in [3.8, 4) is 0 Å². The molecule has 1 amide bonds. The first kappa shape index (κ1) is 16.5. The molecule has 112 valence electrons. The highest BCUT2D eigenvalue weighted by molar-refractivity contribution is 5.95. The van der Waals surface area contributed by atoms with Gasteiger partial charge in [0.1, 0.15) is 0 Å². The molecule has 0 aliphatic rings. The van der Waals surface area contributed by atoms with Crippen LogP contribution >= 0.6 is 0 Å². The van der Waals surface area contributed by atoms with Gasteiger partial charge in [-0.3, -0.25) is 4.79 Å². The number of aliphatic hydroxyl groups is 1. The van der Waals surface area contributed by atoms with Gasteiger partial charge in [-0.25, -0.2) is 0 Å². The number of nitrogens with one attached hydrogen (secondary N) is 1. The maximum absolute atomic E-state index is 12.7. The van der Waals surface area contributed by atoms with Gasteiger partial charge < -0.3 is 15.2 Å². The van der Waals surface area contributed by atoms with Crippen molar-refractivity contribution in [2.45, 2.75) is 12.6 Å². The Balaban J connectivity index is 2.52. The summed E-state index contributed by atoms with van der Waals surface area (Å²) in [6, 6.07) is 4.64. The average Bonchev–Trinajstić information content (AvgIpc) is 2.41. The fourth-order valence-electron chi connectivity index (χ4n) is 1.57. The number of ether oxygens (including phenoxy) is 1. The molecule has 1 aromatic carbocycles. The van der Waals surface area contributed by atoms with Gasteiger partial charge in [-0.1, -0.05) is 12.1 Å². The lowest BCUT2D eigenvalue weighted by Crippen LogP contribution is -2.27. The number of amides is 1. The molecule has 0 unspecified atom stereocenters. The Hall–Kier alpha value is -1.60. The van der Waals surface area contributed by atoms with Crippen LogP contribution in [0.15, 0.2) is 24.3 Å². The molecule has 0 aliphatic heterocycles. The minimum absolute atomic E-state index is 0.0919. The molecule has 0 aromatic heterocycles. The highest BCUT2D eigenvalue weighted by atomic mass is 19.4. The molecular formula is C13H16F3NO3. The largest absolute Gasteiger partial charge is 0.417 e. The van der Waals surface area contributed by atoms with Crippen molar-refractivity contribution < 1.29 is 27.8 Å². The molecule has 1 rings (SSSR count). The predicted octanol–water partition coefficient (Wildman–Crippen LogP) is 1.83. The zero-order chi connectivity index (χ0) is 15.0. The summed E-state index contributed by atoms with van der Waals surface area (Å²) in [5, 5.41) is 10.9. The second-order valence-electron chi connectivity index (χ2n) is 3.99. The van der Waals surface area contributed by atoms with Gasteiger partial charge in [-0.05, 0) is 18.6 Å². The molecular weight excluding hydrogens is 275 g/mol. The van der Waals surface area contributed by atoms with E-state index < -0.39 is 23.2 Å². The number of rotatable bonds is 7. The Labute approximate surface area is 114 Å². The number of hydrogen-bond donors (Lipinski definition) is 2. The second-order valence-corrected chi connectivity index (χ2v) is 3.99. The Morgan fingerprint density at radius 1 is 1.25 bits per heavy atom. The van der Waals surface area contributed by atoms with Crippen LogP contribution in [0.25, 0.3) is 0 Å².